The summed E-state index contributed by atoms with van der Waals surface area (Å²) in [6.07, 6.45) is 1.73. The zero-order valence-electron chi connectivity index (χ0n) is 10.4. The van der Waals surface area contributed by atoms with E-state index in [1.807, 2.05) is 18.7 Å². The number of hydrogen-bond donors (Lipinski definition) is 1. The Labute approximate surface area is 108 Å². The Hall–Kier alpha value is -0.670. The minimum absolute atomic E-state index is 0.316. The number of aliphatic hydroxyl groups is 1. The molecule has 0 spiro atoms. The highest BCUT2D eigenvalue weighted by Crippen LogP contribution is 2.23. The summed E-state index contributed by atoms with van der Waals surface area (Å²) in [5, 5.41) is 9.76. The number of benzene rings is 1. The van der Waals surface area contributed by atoms with Gasteiger partial charge in [-0.1, -0.05) is 19.1 Å². The van der Waals surface area contributed by atoms with E-state index in [2.05, 4.69) is 29.2 Å². The highest BCUT2D eigenvalue weighted by atomic mass is 32.2. The Balaban J connectivity index is 2.05. The van der Waals surface area contributed by atoms with E-state index in [-0.39, 0.29) is 6.10 Å². The molecule has 1 heterocycles. The Morgan fingerprint density at radius 3 is 2.71 bits per heavy atom. The fourth-order valence-corrected chi connectivity index (χ4v) is 3.03. The van der Waals surface area contributed by atoms with Crippen LogP contribution in [0.25, 0.3) is 0 Å². The Kier molecular flexibility index (Phi) is 4.75. The minimum Gasteiger partial charge on any atom is -0.388 e. The third-order valence-electron chi connectivity index (χ3n) is 3.25. The number of anilines is 1. The first-order valence-corrected chi connectivity index (χ1v) is 7.57. The molecule has 0 aliphatic carbocycles. The van der Waals surface area contributed by atoms with Gasteiger partial charge in [0.1, 0.15) is 0 Å². The van der Waals surface area contributed by atoms with Gasteiger partial charge in [0.2, 0.25) is 0 Å². The highest BCUT2D eigenvalue weighted by Gasteiger charge is 2.10. The SMILES string of the molecule is CC[C@H](O)c1ccc(N2CCCSCC2)cc1. The molecule has 17 heavy (non-hydrogen) atoms. The molecule has 2 nitrogen and oxygen atoms in total. The van der Waals surface area contributed by atoms with Crippen molar-refractivity contribution in [3.8, 4) is 0 Å². The van der Waals surface area contributed by atoms with Crippen LogP contribution in [0.4, 0.5) is 5.69 Å². The van der Waals surface area contributed by atoms with Crippen molar-refractivity contribution in [2.75, 3.05) is 29.5 Å². The molecule has 0 radical (unpaired) electrons. The Morgan fingerprint density at radius 1 is 1.24 bits per heavy atom. The average Bonchev–Trinajstić information content (AvgIpc) is 2.67. The van der Waals surface area contributed by atoms with E-state index in [4.69, 9.17) is 0 Å². The van der Waals surface area contributed by atoms with Crippen molar-refractivity contribution in [3.05, 3.63) is 29.8 Å². The van der Waals surface area contributed by atoms with Crippen molar-refractivity contribution < 1.29 is 5.11 Å². The zero-order valence-corrected chi connectivity index (χ0v) is 11.2. The van der Waals surface area contributed by atoms with Crippen LogP contribution in [0, 0.1) is 0 Å². The van der Waals surface area contributed by atoms with Crippen LogP contribution >= 0.6 is 11.8 Å². The third-order valence-corrected chi connectivity index (χ3v) is 4.30. The average molecular weight is 251 g/mol. The van der Waals surface area contributed by atoms with Gasteiger partial charge >= 0.3 is 0 Å². The second-order valence-electron chi connectivity index (χ2n) is 4.47. The number of aliphatic hydroxyl groups excluding tert-OH is 1. The second-order valence-corrected chi connectivity index (χ2v) is 5.69. The number of nitrogens with zero attached hydrogens (tertiary/aromatic N) is 1. The molecule has 1 aliphatic rings. The summed E-state index contributed by atoms with van der Waals surface area (Å²) < 4.78 is 0. The van der Waals surface area contributed by atoms with Gasteiger partial charge in [0, 0.05) is 24.5 Å². The molecule has 1 saturated heterocycles. The summed E-state index contributed by atoms with van der Waals surface area (Å²) in [6, 6.07) is 8.40. The van der Waals surface area contributed by atoms with E-state index in [9.17, 15) is 5.11 Å². The molecule has 0 amide bonds. The van der Waals surface area contributed by atoms with Gasteiger partial charge in [-0.05, 0) is 36.3 Å². The maximum atomic E-state index is 9.76. The Morgan fingerprint density at radius 2 is 2.00 bits per heavy atom. The van der Waals surface area contributed by atoms with E-state index in [1.54, 1.807) is 0 Å². The highest BCUT2D eigenvalue weighted by molar-refractivity contribution is 7.99. The van der Waals surface area contributed by atoms with Crippen molar-refractivity contribution in [1.29, 1.82) is 0 Å². The summed E-state index contributed by atoms with van der Waals surface area (Å²) in [7, 11) is 0. The molecule has 94 valence electrons. The van der Waals surface area contributed by atoms with Gasteiger partial charge in [-0.3, -0.25) is 0 Å². The summed E-state index contributed by atoms with van der Waals surface area (Å²) in [5.41, 5.74) is 2.32. The molecular weight excluding hydrogens is 230 g/mol. The van der Waals surface area contributed by atoms with Gasteiger partial charge in [-0.15, -0.1) is 0 Å². The van der Waals surface area contributed by atoms with Crippen molar-refractivity contribution in [2.24, 2.45) is 0 Å². The van der Waals surface area contributed by atoms with Crippen molar-refractivity contribution >= 4 is 17.4 Å². The minimum atomic E-state index is -0.316. The molecule has 3 heteroatoms. The van der Waals surface area contributed by atoms with Crippen molar-refractivity contribution in [2.45, 2.75) is 25.9 Å². The van der Waals surface area contributed by atoms with Crippen molar-refractivity contribution in [3.63, 3.8) is 0 Å². The third kappa shape index (κ3) is 3.39. The van der Waals surface area contributed by atoms with Crippen LogP contribution in [0.15, 0.2) is 24.3 Å². The maximum Gasteiger partial charge on any atom is 0.0787 e. The van der Waals surface area contributed by atoms with Crippen LogP contribution < -0.4 is 4.90 Å². The van der Waals surface area contributed by atoms with E-state index in [1.165, 1.54) is 23.6 Å². The molecule has 1 aromatic rings. The molecular formula is C14H21NOS. The predicted octanol–water partition coefficient (Wildman–Crippen LogP) is 3.07. The zero-order chi connectivity index (χ0) is 12.1. The fraction of sp³-hybridized carbons (Fsp3) is 0.571. The number of hydrogen-bond acceptors (Lipinski definition) is 3. The molecule has 1 N–H and O–H groups in total. The van der Waals surface area contributed by atoms with Crippen LogP contribution in [-0.4, -0.2) is 29.7 Å². The molecule has 1 atom stereocenters. The van der Waals surface area contributed by atoms with Crippen molar-refractivity contribution in [1.82, 2.24) is 0 Å². The lowest BCUT2D eigenvalue weighted by Crippen LogP contribution is -2.25. The van der Waals surface area contributed by atoms with E-state index in [0.717, 1.165) is 25.1 Å². The molecule has 0 unspecified atom stereocenters. The first kappa shape index (κ1) is 12.8. The summed E-state index contributed by atoms with van der Waals surface area (Å²) in [6.45, 7) is 4.30. The summed E-state index contributed by atoms with van der Waals surface area (Å²) >= 11 is 2.04. The smallest absolute Gasteiger partial charge is 0.0787 e. The normalized spacial score (nSPS) is 18.8. The van der Waals surface area contributed by atoms with Crippen LogP contribution in [0.3, 0.4) is 0 Å². The summed E-state index contributed by atoms with van der Waals surface area (Å²) in [5.74, 6) is 2.50. The molecule has 0 bridgehead atoms. The standard InChI is InChI=1S/C14H21NOS/c1-2-14(16)12-4-6-13(7-5-12)15-8-3-10-17-11-9-15/h4-7,14,16H,2-3,8-11H2,1H3/t14-/m0/s1. The number of rotatable bonds is 3. The largest absolute Gasteiger partial charge is 0.388 e. The lowest BCUT2D eigenvalue weighted by molar-refractivity contribution is 0.173. The van der Waals surface area contributed by atoms with Crippen LogP contribution in [0.5, 0.6) is 0 Å². The van der Waals surface area contributed by atoms with E-state index < -0.39 is 0 Å². The summed E-state index contributed by atoms with van der Waals surface area (Å²) in [4.78, 5) is 2.45. The van der Waals surface area contributed by atoms with Crippen LogP contribution in [0.2, 0.25) is 0 Å². The molecule has 0 saturated carbocycles. The van der Waals surface area contributed by atoms with Gasteiger partial charge < -0.3 is 10.0 Å². The first-order valence-electron chi connectivity index (χ1n) is 6.42. The van der Waals surface area contributed by atoms with E-state index in [0.29, 0.717) is 0 Å². The molecule has 2 rings (SSSR count). The first-order chi connectivity index (χ1) is 8.31. The van der Waals surface area contributed by atoms with Gasteiger partial charge in [-0.25, -0.2) is 0 Å². The van der Waals surface area contributed by atoms with Gasteiger partial charge in [-0.2, -0.15) is 11.8 Å². The van der Waals surface area contributed by atoms with Gasteiger partial charge in [0.25, 0.3) is 0 Å². The maximum absolute atomic E-state index is 9.76. The monoisotopic (exact) mass is 251 g/mol. The number of thioether (sulfide) groups is 1. The van der Waals surface area contributed by atoms with Gasteiger partial charge in [0.15, 0.2) is 0 Å². The molecule has 1 aliphatic heterocycles. The predicted molar refractivity (Wildman–Crippen MR) is 75.8 cm³/mol. The fourth-order valence-electron chi connectivity index (χ4n) is 2.15. The van der Waals surface area contributed by atoms with E-state index >= 15 is 0 Å². The second kappa shape index (κ2) is 6.31. The molecule has 1 aromatic carbocycles. The molecule has 0 aromatic heterocycles. The van der Waals surface area contributed by atoms with Gasteiger partial charge in [0.05, 0.1) is 6.10 Å². The quantitative estimate of drug-likeness (QED) is 0.893. The lowest BCUT2D eigenvalue weighted by atomic mass is 10.1. The molecule has 1 fully saturated rings. The topological polar surface area (TPSA) is 23.5 Å². The van der Waals surface area contributed by atoms with Crippen LogP contribution in [-0.2, 0) is 0 Å². The lowest BCUT2D eigenvalue weighted by Gasteiger charge is -2.22. The van der Waals surface area contributed by atoms with Crippen LogP contribution in [0.1, 0.15) is 31.4 Å². The Bertz CT molecular complexity index is 331.